The topological polar surface area (TPSA) is 75.7 Å². The Morgan fingerprint density at radius 3 is 2.38 bits per heavy atom. The van der Waals surface area contributed by atoms with E-state index in [9.17, 15) is 14.4 Å². The molecule has 1 fully saturated rings. The quantitative estimate of drug-likeness (QED) is 0.174. The van der Waals surface area contributed by atoms with E-state index >= 15 is 0 Å². The molecule has 4 amide bonds. The molecule has 1 N–H and O–H groups in total. The van der Waals surface area contributed by atoms with E-state index in [1.165, 1.54) is 6.08 Å². The number of allylic oxidation sites excluding steroid dienone is 1. The number of benzene rings is 4. The Balaban J connectivity index is 1.44. The number of rotatable bonds is 7. The summed E-state index contributed by atoms with van der Waals surface area (Å²) in [5.41, 5.74) is 4.68. The predicted molar refractivity (Wildman–Crippen MR) is 154 cm³/mol. The first-order valence-corrected chi connectivity index (χ1v) is 12.7. The molecule has 6 nitrogen and oxygen atoms in total. The van der Waals surface area contributed by atoms with Gasteiger partial charge in [0.25, 0.3) is 11.8 Å². The first-order chi connectivity index (χ1) is 18.8. The van der Waals surface area contributed by atoms with Crippen LogP contribution in [0, 0.1) is 13.8 Å². The molecule has 0 spiro atoms. The molecular formula is C33H28N2O4. The summed E-state index contributed by atoms with van der Waals surface area (Å²) in [6.45, 7) is 8.02. The third-order valence-electron chi connectivity index (χ3n) is 6.59. The fourth-order valence-corrected chi connectivity index (χ4v) is 4.86. The van der Waals surface area contributed by atoms with Gasteiger partial charge in [0.1, 0.15) is 17.9 Å². The van der Waals surface area contributed by atoms with E-state index in [1.807, 2.05) is 56.3 Å². The van der Waals surface area contributed by atoms with Crippen LogP contribution in [0.1, 0.15) is 27.8 Å². The number of anilines is 1. The van der Waals surface area contributed by atoms with Crippen molar-refractivity contribution in [2.24, 2.45) is 0 Å². The van der Waals surface area contributed by atoms with Crippen LogP contribution in [0.15, 0.2) is 97.1 Å². The summed E-state index contributed by atoms with van der Waals surface area (Å²) in [5, 5.41) is 4.57. The van der Waals surface area contributed by atoms with Crippen molar-refractivity contribution in [3.8, 4) is 5.75 Å². The SMILES string of the molecule is C=CCc1cc(/C=C2\C(=O)NC(=O)N(c3cc(C)cc(C)c3)C2=O)ccc1OCc1cccc2ccccc12. The highest BCUT2D eigenvalue weighted by Gasteiger charge is 2.37. The summed E-state index contributed by atoms with van der Waals surface area (Å²) in [6.07, 6.45) is 3.81. The molecule has 1 heterocycles. The molecule has 1 saturated heterocycles. The minimum absolute atomic E-state index is 0.122. The van der Waals surface area contributed by atoms with Crippen LogP contribution >= 0.6 is 0 Å². The number of hydrogen-bond acceptors (Lipinski definition) is 4. The molecule has 6 heteroatoms. The average Bonchev–Trinajstić information content (AvgIpc) is 2.90. The second-order valence-electron chi connectivity index (χ2n) is 9.59. The van der Waals surface area contributed by atoms with Crippen molar-refractivity contribution in [1.29, 1.82) is 0 Å². The lowest BCUT2D eigenvalue weighted by Gasteiger charge is -2.27. The monoisotopic (exact) mass is 516 g/mol. The maximum absolute atomic E-state index is 13.4. The number of fused-ring (bicyclic) bond motifs is 1. The molecule has 4 aromatic rings. The van der Waals surface area contributed by atoms with E-state index in [2.05, 4.69) is 30.1 Å². The highest BCUT2D eigenvalue weighted by molar-refractivity contribution is 6.39. The zero-order valence-electron chi connectivity index (χ0n) is 21.9. The van der Waals surface area contributed by atoms with Crippen LogP contribution in [-0.4, -0.2) is 17.8 Å². The van der Waals surface area contributed by atoms with E-state index in [0.717, 1.165) is 37.9 Å². The minimum atomic E-state index is -0.767. The molecule has 194 valence electrons. The van der Waals surface area contributed by atoms with E-state index in [0.29, 0.717) is 30.0 Å². The molecule has 1 aliphatic heterocycles. The summed E-state index contributed by atoms with van der Waals surface area (Å²) in [4.78, 5) is 39.6. The largest absolute Gasteiger partial charge is 0.489 e. The first-order valence-electron chi connectivity index (χ1n) is 12.7. The Morgan fingerprint density at radius 1 is 0.872 bits per heavy atom. The van der Waals surface area contributed by atoms with E-state index in [1.54, 1.807) is 24.3 Å². The van der Waals surface area contributed by atoms with Gasteiger partial charge in [-0.05, 0) is 89.2 Å². The molecule has 5 rings (SSSR count). The van der Waals surface area contributed by atoms with Crippen LogP contribution < -0.4 is 15.0 Å². The van der Waals surface area contributed by atoms with Gasteiger partial charge in [0.2, 0.25) is 0 Å². The second-order valence-corrected chi connectivity index (χ2v) is 9.59. The highest BCUT2D eigenvalue weighted by atomic mass is 16.5. The van der Waals surface area contributed by atoms with Crippen LogP contribution in [0.4, 0.5) is 10.5 Å². The smallest absolute Gasteiger partial charge is 0.335 e. The number of nitrogens with one attached hydrogen (secondary N) is 1. The molecule has 4 aromatic carbocycles. The third kappa shape index (κ3) is 5.36. The lowest BCUT2D eigenvalue weighted by Crippen LogP contribution is -2.54. The Kier molecular flexibility index (Phi) is 7.10. The van der Waals surface area contributed by atoms with Gasteiger partial charge >= 0.3 is 6.03 Å². The number of nitrogens with zero attached hydrogens (tertiary/aromatic N) is 1. The average molecular weight is 517 g/mol. The van der Waals surface area contributed by atoms with Crippen molar-refractivity contribution >= 4 is 40.4 Å². The highest BCUT2D eigenvalue weighted by Crippen LogP contribution is 2.28. The summed E-state index contributed by atoms with van der Waals surface area (Å²) >= 11 is 0. The fraction of sp³-hybridized carbons (Fsp3) is 0.121. The van der Waals surface area contributed by atoms with E-state index < -0.39 is 17.8 Å². The Hall–Kier alpha value is -4.97. The summed E-state index contributed by atoms with van der Waals surface area (Å²) < 4.78 is 6.21. The molecule has 0 radical (unpaired) electrons. The van der Waals surface area contributed by atoms with Gasteiger partial charge in [-0.2, -0.15) is 0 Å². The zero-order valence-corrected chi connectivity index (χ0v) is 21.9. The Labute approximate surface area is 227 Å². The molecule has 0 saturated carbocycles. The van der Waals surface area contributed by atoms with Crippen molar-refractivity contribution in [1.82, 2.24) is 5.32 Å². The molecule has 0 bridgehead atoms. The number of urea groups is 1. The normalized spacial score (nSPS) is 14.6. The number of carbonyl (C=O) groups excluding carboxylic acids is 3. The van der Waals surface area contributed by atoms with Crippen LogP contribution in [0.5, 0.6) is 5.75 Å². The van der Waals surface area contributed by atoms with E-state index in [-0.39, 0.29) is 5.57 Å². The van der Waals surface area contributed by atoms with Crippen molar-refractivity contribution in [3.05, 3.63) is 125 Å². The number of hydrogen-bond donors (Lipinski definition) is 1. The number of amides is 4. The molecule has 0 unspecified atom stereocenters. The van der Waals surface area contributed by atoms with Gasteiger partial charge in [0.05, 0.1) is 5.69 Å². The van der Waals surface area contributed by atoms with E-state index in [4.69, 9.17) is 4.74 Å². The number of imide groups is 2. The zero-order chi connectivity index (χ0) is 27.5. The Morgan fingerprint density at radius 2 is 1.62 bits per heavy atom. The molecule has 0 aromatic heterocycles. The van der Waals surface area contributed by atoms with Gasteiger partial charge in [-0.25, -0.2) is 9.69 Å². The number of carbonyl (C=O) groups is 3. The van der Waals surface area contributed by atoms with Gasteiger partial charge < -0.3 is 4.74 Å². The molecular weight excluding hydrogens is 488 g/mol. The first kappa shape index (κ1) is 25.7. The lowest BCUT2D eigenvalue weighted by atomic mass is 10.0. The van der Waals surface area contributed by atoms with Crippen LogP contribution in [0.25, 0.3) is 16.8 Å². The number of ether oxygens (including phenoxy) is 1. The molecule has 0 atom stereocenters. The van der Waals surface area contributed by atoms with Crippen LogP contribution in [-0.2, 0) is 22.6 Å². The summed E-state index contributed by atoms with van der Waals surface area (Å²) in [6, 6.07) is 24.4. The van der Waals surface area contributed by atoms with Gasteiger partial charge in [-0.3, -0.25) is 14.9 Å². The fourth-order valence-electron chi connectivity index (χ4n) is 4.86. The maximum Gasteiger partial charge on any atom is 0.335 e. The standard InChI is InChI=1S/C33H28N2O4/c1-4-8-25-18-23(13-14-30(25)39-20-26-11-7-10-24-9-5-6-12-28(24)26)19-29-31(36)34-33(38)35(32(29)37)27-16-21(2)15-22(3)17-27/h4-7,9-19H,1,8,20H2,2-3H3,(H,34,36,38)/b29-19+. The van der Waals surface area contributed by atoms with Gasteiger partial charge in [-0.15, -0.1) is 6.58 Å². The maximum atomic E-state index is 13.4. The van der Waals surface area contributed by atoms with Crippen molar-refractivity contribution in [2.45, 2.75) is 26.9 Å². The van der Waals surface area contributed by atoms with Crippen molar-refractivity contribution in [3.63, 3.8) is 0 Å². The second kappa shape index (κ2) is 10.8. The van der Waals surface area contributed by atoms with Crippen molar-refractivity contribution < 1.29 is 19.1 Å². The van der Waals surface area contributed by atoms with Crippen molar-refractivity contribution in [2.75, 3.05) is 4.90 Å². The summed E-state index contributed by atoms with van der Waals surface area (Å²) in [5.74, 6) is -0.709. The van der Waals surface area contributed by atoms with Gasteiger partial charge in [0.15, 0.2) is 0 Å². The van der Waals surface area contributed by atoms with Crippen LogP contribution in [0.3, 0.4) is 0 Å². The third-order valence-corrected chi connectivity index (χ3v) is 6.59. The number of aryl methyl sites for hydroxylation is 2. The predicted octanol–water partition coefficient (Wildman–Crippen LogP) is 6.43. The summed E-state index contributed by atoms with van der Waals surface area (Å²) in [7, 11) is 0. The van der Waals surface area contributed by atoms with Gasteiger partial charge in [-0.1, -0.05) is 60.7 Å². The molecule has 39 heavy (non-hydrogen) atoms. The lowest BCUT2D eigenvalue weighted by molar-refractivity contribution is -0.122. The van der Waals surface area contributed by atoms with Gasteiger partial charge in [0, 0.05) is 0 Å². The molecule has 0 aliphatic carbocycles. The molecule has 1 aliphatic rings. The minimum Gasteiger partial charge on any atom is -0.489 e. The number of barbiturate groups is 1. The van der Waals surface area contributed by atoms with Crippen LogP contribution in [0.2, 0.25) is 0 Å². The Bertz CT molecular complexity index is 1640.